The molecule has 0 bridgehead atoms. The van der Waals surface area contributed by atoms with Crippen molar-refractivity contribution in [2.24, 2.45) is 0 Å². The molecule has 11 heteroatoms. The highest BCUT2D eigenvalue weighted by Crippen LogP contribution is 2.25. The van der Waals surface area contributed by atoms with Crippen molar-refractivity contribution in [1.82, 2.24) is 0 Å². The summed E-state index contributed by atoms with van der Waals surface area (Å²) in [6.07, 6.45) is 3.10. The number of rotatable bonds is 8. The minimum atomic E-state index is -4.33. The standard InChI is InChI=1S/C24H20N2O8S/c27-23(25-19-10-7-16-3-1-4-18(16)13-19)15-33-24(28)17-8-11-21(12-9-17)34-35(31,32)22-6-2-5-20(14-22)26(29)30/h2,5-14H,1,3-4,15H2,(H,25,27). The molecular formula is C24H20N2O8S. The molecule has 4 rings (SSSR count). The number of benzene rings is 3. The van der Waals surface area contributed by atoms with Gasteiger partial charge in [-0.05, 0) is 72.9 Å². The highest BCUT2D eigenvalue weighted by Gasteiger charge is 2.20. The van der Waals surface area contributed by atoms with Crippen LogP contribution in [0.15, 0.2) is 71.6 Å². The smallest absolute Gasteiger partial charge is 0.339 e. The molecule has 0 fully saturated rings. The van der Waals surface area contributed by atoms with Crippen LogP contribution < -0.4 is 9.50 Å². The van der Waals surface area contributed by atoms with E-state index in [2.05, 4.69) is 5.32 Å². The number of carbonyl (C=O) groups is 2. The van der Waals surface area contributed by atoms with Crippen LogP contribution in [0.2, 0.25) is 0 Å². The van der Waals surface area contributed by atoms with Crippen molar-refractivity contribution in [3.63, 3.8) is 0 Å². The van der Waals surface area contributed by atoms with Crippen molar-refractivity contribution >= 4 is 33.4 Å². The largest absolute Gasteiger partial charge is 0.452 e. The number of hydrogen-bond acceptors (Lipinski definition) is 8. The molecule has 0 saturated carbocycles. The highest BCUT2D eigenvalue weighted by atomic mass is 32.2. The number of anilines is 1. The summed E-state index contributed by atoms with van der Waals surface area (Å²) in [4.78, 5) is 34.2. The average Bonchev–Trinajstić information content (AvgIpc) is 3.31. The van der Waals surface area contributed by atoms with Crippen LogP contribution in [-0.2, 0) is 32.5 Å². The summed E-state index contributed by atoms with van der Waals surface area (Å²) in [5.74, 6) is -1.37. The summed E-state index contributed by atoms with van der Waals surface area (Å²) in [5.41, 5.74) is 2.80. The predicted molar refractivity (Wildman–Crippen MR) is 125 cm³/mol. The summed E-state index contributed by atoms with van der Waals surface area (Å²) >= 11 is 0. The van der Waals surface area contributed by atoms with Crippen molar-refractivity contribution in [3.8, 4) is 5.75 Å². The van der Waals surface area contributed by atoms with E-state index in [0.717, 1.165) is 31.4 Å². The number of esters is 1. The minimum Gasteiger partial charge on any atom is -0.452 e. The number of aryl methyl sites for hydroxylation is 2. The second-order valence-corrected chi connectivity index (χ2v) is 9.32. The number of fused-ring (bicyclic) bond motifs is 1. The van der Waals surface area contributed by atoms with Crippen LogP contribution in [0.3, 0.4) is 0 Å². The normalized spacial score (nSPS) is 12.5. The van der Waals surface area contributed by atoms with Gasteiger partial charge in [0, 0.05) is 17.8 Å². The van der Waals surface area contributed by atoms with E-state index in [1.165, 1.54) is 47.5 Å². The van der Waals surface area contributed by atoms with Gasteiger partial charge in [0.05, 0.1) is 10.5 Å². The lowest BCUT2D eigenvalue weighted by Gasteiger charge is -2.09. The van der Waals surface area contributed by atoms with Crippen LogP contribution in [0.4, 0.5) is 11.4 Å². The molecule has 1 N–H and O–H groups in total. The number of carbonyl (C=O) groups excluding carboxylic acids is 2. The molecule has 0 saturated heterocycles. The molecular weight excluding hydrogens is 476 g/mol. The summed E-state index contributed by atoms with van der Waals surface area (Å²) < 4.78 is 34.8. The summed E-state index contributed by atoms with van der Waals surface area (Å²) in [5, 5.41) is 13.6. The summed E-state index contributed by atoms with van der Waals surface area (Å²) in [6.45, 7) is -0.491. The number of hydrogen-bond donors (Lipinski definition) is 1. The molecule has 0 atom stereocenters. The third-order valence-electron chi connectivity index (χ3n) is 5.33. The first-order valence-electron chi connectivity index (χ1n) is 10.6. The van der Waals surface area contributed by atoms with E-state index in [-0.39, 0.29) is 16.2 Å². The van der Waals surface area contributed by atoms with Gasteiger partial charge in [-0.2, -0.15) is 8.42 Å². The van der Waals surface area contributed by atoms with Gasteiger partial charge < -0.3 is 14.2 Å². The van der Waals surface area contributed by atoms with Gasteiger partial charge in [0.1, 0.15) is 10.6 Å². The molecule has 35 heavy (non-hydrogen) atoms. The molecule has 1 aliphatic rings. The Balaban J connectivity index is 1.32. The second kappa shape index (κ2) is 9.94. The fourth-order valence-electron chi connectivity index (χ4n) is 3.64. The first-order valence-corrected chi connectivity index (χ1v) is 12.0. The van der Waals surface area contributed by atoms with E-state index in [9.17, 15) is 28.1 Å². The van der Waals surface area contributed by atoms with Crippen LogP contribution in [0.25, 0.3) is 0 Å². The first-order chi connectivity index (χ1) is 16.7. The van der Waals surface area contributed by atoms with Crippen molar-refractivity contribution in [2.45, 2.75) is 24.2 Å². The molecule has 180 valence electrons. The van der Waals surface area contributed by atoms with Crippen LogP contribution in [0.1, 0.15) is 27.9 Å². The molecule has 0 heterocycles. The monoisotopic (exact) mass is 496 g/mol. The lowest BCUT2D eigenvalue weighted by Crippen LogP contribution is -2.21. The number of nitrogens with zero attached hydrogens (tertiary/aromatic N) is 1. The van der Waals surface area contributed by atoms with Gasteiger partial charge in [-0.15, -0.1) is 0 Å². The Morgan fingerprint density at radius 1 is 0.971 bits per heavy atom. The van der Waals surface area contributed by atoms with Crippen LogP contribution in [-0.4, -0.2) is 31.8 Å². The van der Waals surface area contributed by atoms with E-state index in [4.69, 9.17) is 8.92 Å². The zero-order valence-corrected chi connectivity index (χ0v) is 19.1. The zero-order chi connectivity index (χ0) is 25.0. The molecule has 10 nitrogen and oxygen atoms in total. The molecule has 0 spiro atoms. The molecule has 3 aromatic rings. The van der Waals surface area contributed by atoms with Gasteiger partial charge in [0.2, 0.25) is 0 Å². The Morgan fingerprint density at radius 2 is 1.71 bits per heavy atom. The molecule has 0 unspecified atom stereocenters. The van der Waals surface area contributed by atoms with E-state index < -0.39 is 39.2 Å². The van der Waals surface area contributed by atoms with Gasteiger partial charge in [-0.25, -0.2) is 4.79 Å². The molecule has 1 aliphatic carbocycles. The van der Waals surface area contributed by atoms with E-state index in [0.29, 0.717) is 5.69 Å². The van der Waals surface area contributed by atoms with E-state index in [1.54, 1.807) is 0 Å². The first kappa shape index (κ1) is 23.9. The number of ether oxygens (including phenoxy) is 1. The van der Waals surface area contributed by atoms with Gasteiger partial charge in [0.25, 0.3) is 11.6 Å². The van der Waals surface area contributed by atoms with Crippen LogP contribution in [0, 0.1) is 10.1 Å². The fourth-order valence-corrected chi connectivity index (χ4v) is 4.61. The van der Waals surface area contributed by atoms with Crippen LogP contribution >= 0.6 is 0 Å². The molecule has 0 radical (unpaired) electrons. The Morgan fingerprint density at radius 3 is 2.46 bits per heavy atom. The maximum atomic E-state index is 12.4. The molecule has 3 aromatic carbocycles. The third-order valence-corrected chi connectivity index (χ3v) is 6.57. The molecule has 0 aromatic heterocycles. The number of nitro benzene ring substituents is 1. The van der Waals surface area contributed by atoms with Crippen molar-refractivity contribution in [2.75, 3.05) is 11.9 Å². The maximum Gasteiger partial charge on any atom is 0.339 e. The lowest BCUT2D eigenvalue weighted by atomic mass is 10.1. The minimum absolute atomic E-state index is 0.0791. The Labute approximate surface area is 200 Å². The molecule has 1 amide bonds. The Kier molecular flexibility index (Phi) is 6.78. The van der Waals surface area contributed by atoms with Crippen molar-refractivity contribution < 1.29 is 31.9 Å². The summed E-state index contributed by atoms with van der Waals surface area (Å²) in [6, 6.07) is 15.2. The van der Waals surface area contributed by atoms with E-state index >= 15 is 0 Å². The quantitative estimate of drug-likeness (QED) is 0.216. The Hall–Kier alpha value is -4.25. The third kappa shape index (κ3) is 5.82. The van der Waals surface area contributed by atoms with Crippen LogP contribution in [0.5, 0.6) is 5.75 Å². The predicted octanol–water partition coefficient (Wildman–Crippen LogP) is 3.65. The van der Waals surface area contributed by atoms with E-state index in [1.807, 2.05) is 18.2 Å². The maximum absolute atomic E-state index is 12.4. The SMILES string of the molecule is O=C(COC(=O)c1ccc(OS(=O)(=O)c2cccc([N+](=O)[O-])c2)cc1)Nc1ccc2c(c1)CCC2. The Bertz CT molecular complexity index is 1400. The average molecular weight is 496 g/mol. The zero-order valence-electron chi connectivity index (χ0n) is 18.3. The highest BCUT2D eigenvalue weighted by molar-refractivity contribution is 7.87. The molecule has 0 aliphatic heterocycles. The van der Waals surface area contributed by atoms with Crippen molar-refractivity contribution in [3.05, 3.63) is 93.5 Å². The van der Waals surface area contributed by atoms with Gasteiger partial charge in [-0.3, -0.25) is 14.9 Å². The number of nitrogens with one attached hydrogen (secondary N) is 1. The topological polar surface area (TPSA) is 142 Å². The fraction of sp³-hybridized carbons (Fsp3) is 0.167. The number of nitro groups is 1. The van der Waals surface area contributed by atoms with Gasteiger partial charge >= 0.3 is 16.1 Å². The van der Waals surface area contributed by atoms with Gasteiger partial charge in [-0.1, -0.05) is 12.1 Å². The second-order valence-electron chi connectivity index (χ2n) is 7.78. The van der Waals surface area contributed by atoms with Gasteiger partial charge in [0.15, 0.2) is 6.61 Å². The lowest BCUT2D eigenvalue weighted by molar-refractivity contribution is -0.385. The number of non-ortho nitro benzene ring substituents is 1. The summed E-state index contributed by atoms with van der Waals surface area (Å²) in [7, 11) is -4.33. The number of amides is 1. The van der Waals surface area contributed by atoms with Crippen molar-refractivity contribution in [1.29, 1.82) is 0 Å².